The van der Waals surface area contributed by atoms with Gasteiger partial charge in [0.05, 0.1) is 17.6 Å². The Morgan fingerprint density at radius 2 is 1.90 bits per heavy atom. The minimum absolute atomic E-state index is 0.326. The molecule has 0 aliphatic rings. The number of aromatic nitrogens is 1. The van der Waals surface area contributed by atoms with Gasteiger partial charge in [-0.2, -0.15) is 0 Å². The lowest BCUT2D eigenvalue weighted by atomic mass is 10.1. The van der Waals surface area contributed by atoms with E-state index in [0.29, 0.717) is 6.04 Å². The highest BCUT2D eigenvalue weighted by molar-refractivity contribution is 5.65. The topological polar surface area (TPSA) is 28.2 Å². The summed E-state index contributed by atoms with van der Waals surface area (Å²) in [6.07, 6.45) is 3.02. The van der Waals surface area contributed by atoms with Crippen molar-refractivity contribution in [1.29, 1.82) is 0 Å². The van der Waals surface area contributed by atoms with Gasteiger partial charge in [0, 0.05) is 18.3 Å². The van der Waals surface area contributed by atoms with Gasteiger partial charge in [-0.25, -0.2) is 0 Å². The fourth-order valence-corrected chi connectivity index (χ4v) is 2.68. The molecule has 0 saturated carbocycles. The van der Waals surface area contributed by atoms with Gasteiger partial charge in [-0.3, -0.25) is 4.98 Å². The number of aryl methyl sites for hydroxylation is 1. The first kappa shape index (κ1) is 15.5. The van der Waals surface area contributed by atoms with Crippen LogP contribution >= 0.6 is 0 Å². The van der Waals surface area contributed by atoms with Crippen LogP contribution in [0.1, 0.15) is 37.6 Å². The van der Waals surface area contributed by atoms with Crippen molar-refractivity contribution < 1.29 is 0 Å². The Morgan fingerprint density at radius 3 is 2.43 bits per heavy atom. The molecule has 0 bridgehead atoms. The maximum atomic E-state index is 4.64. The molecule has 3 nitrogen and oxygen atoms in total. The Balaban J connectivity index is 2.30. The first-order valence-electron chi connectivity index (χ1n) is 7.67. The maximum Gasteiger partial charge on any atom is 0.0597 e. The zero-order valence-electron chi connectivity index (χ0n) is 13.4. The number of nitrogens with zero attached hydrogens (tertiary/aromatic N) is 2. The molecule has 21 heavy (non-hydrogen) atoms. The number of para-hydroxylation sites is 1. The number of rotatable bonds is 6. The summed E-state index contributed by atoms with van der Waals surface area (Å²) in [5.41, 5.74) is 4.77. The Bertz CT molecular complexity index is 559. The van der Waals surface area contributed by atoms with Crippen molar-refractivity contribution in [2.45, 2.75) is 33.2 Å². The highest BCUT2D eigenvalue weighted by atomic mass is 15.1. The van der Waals surface area contributed by atoms with Crippen molar-refractivity contribution in [1.82, 2.24) is 10.3 Å². The van der Waals surface area contributed by atoms with Gasteiger partial charge in [-0.05, 0) is 51.1 Å². The Morgan fingerprint density at radius 1 is 1.14 bits per heavy atom. The molecular formula is C18H25N3. The monoisotopic (exact) mass is 283 g/mol. The van der Waals surface area contributed by atoms with Gasteiger partial charge < -0.3 is 10.2 Å². The quantitative estimate of drug-likeness (QED) is 0.860. The molecule has 0 aliphatic carbocycles. The molecule has 112 valence electrons. The average molecular weight is 283 g/mol. The molecular weight excluding hydrogens is 258 g/mol. The molecule has 1 unspecified atom stereocenters. The molecule has 2 aromatic rings. The van der Waals surface area contributed by atoms with Gasteiger partial charge in [-0.1, -0.05) is 25.1 Å². The smallest absolute Gasteiger partial charge is 0.0597 e. The number of nitrogens with one attached hydrogen (secondary N) is 1. The molecule has 0 amide bonds. The maximum absolute atomic E-state index is 4.64. The average Bonchev–Trinajstić information content (AvgIpc) is 2.52. The van der Waals surface area contributed by atoms with Crippen molar-refractivity contribution in [3.8, 4) is 0 Å². The first-order valence-corrected chi connectivity index (χ1v) is 7.67. The molecule has 2 rings (SSSR count). The number of hydrogen-bond donors (Lipinski definition) is 1. The Kier molecular flexibility index (Phi) is 5.34. The number of benzene rings is 1. The van der Waals surface area contributed by atoms with Crippen LogP contribution in [0.4, 0.5) is 11.4 Å². The molecule has 0 spiro atoms. The van der Waals surface area contributed by atoms with Gasteiger partial charge in [0.1, 0.15) is 0 Å². The highest BCUT2D eigenvalue weighted by Crippen LogP contribution is 2.28. The molecule has 1 N–H and O–H groups in total. The Labute approximate surface area is 128 Å². The zero-order chi connectivity index (χ0) is 15.2. The highest BCUT2D eigenvalue weighted by Gasteiger charge is 2.12. The predicted molar refractivity (Wildman–Crippen MR) is 90.2 cm³/mol. The van der Waals surface area contributed by atoms with Crippen LogP contribution in [0.3, 0.4) is 0 Å². The summed E-state index contributed by atoms with van der Waals surface area (Å²) in [5, 5.41) is 3.30. The molecule has 3 heteroatoms. The molecule has 1 aromatic heterocycles. The van der Waals surface area contributed by atoms with Gasteiger partial charge in [0.15, 0.2) is 0 Å². The lowest BCUT2D eigenvalue weighted by Gasteiger charge is -2.25. The van der Waals surface area contributed by atoms with Gasteiger partial charge in [0.25, 0.3) is 0 Å². The van der Waals surface area contributed by atoms with Crippen molar-refractivity contribution >= 4 is 11.4 Å². The van der Waals surface area contributed by atoms with E-state index in [2.05, 4.69) is 72.4 Å². The van der Waals surface area contributed by atoms with Gasteiger partial charge in [-0.15, -0.1) is 0 Å². The molecule has 1 aromatic carbocycles. The standard InChI is InChI=1S/C18H25N3/c1-5-16(19-4)17-12-11-15(13-20-17)21(6-2)18-10-8-7-9-14(18)3/h7-13,16,19H,5-6H2,1-4H3. The fourth-order valence-electron chi connectivity index (χ4n) is 2.68. The van der Waals surface area contributed by atoms with E-state index < -0.39 is 0 Å². The summed E-state index contributed by atoms with van der Waals surface area (Å²) in [4.78, 5) is 6.94. The van der Waals surface area contributed by atoms with E-state index in [1.807, 2.05) is 13.2 Å². The van der Waals surface area contributed by atoms with Crippen LogP contribution in [0.2, 0.25) is 0 Å². The predicted octanol–water partition coefficient (Wildman–Crippen LogP) is 4.22. The second-order valence-corrected chi connectivity index (χ2v) is 5.22. The van der Waals surface area contributed by atoms with E-state index in [4.69, 9.17) is 0 Å². The second kappa shape index (κ2) is 7.23. The summed E-state index contributed by atoms with van der Waals surface area (Å²) in [6.45, 7) is 7.41. The number of anilines is 2. The third kappa shape index (κ3) is 3.42. The summed E-state index contributed by atoms with van der Waals surface area (Å²) in [5.74, 6) is 0. The summed E-state index contributed by atoms with van der Waals surface area (Å²) in [6, 6.07) is 13.1. The van der Waals surface area contributed by atoms with E-state index in [9.17, 15) is 0 Å². The summed E-state index contributed by atoms with van der Waals surface area (Å²) < 4.78 is 0. The number of pyridine rings is 1. The minimum Gasteiger partial charge on any atom is -0.340 e. The van der Waals surface area contributed by atoms with Crippen LogP contribution in [0.25, 0.3) is 0 Å². The minimum atomic E-state index is 0.326. The van der Waals surface area contributed by atoms with E-state index in [1.165, 1.54) is 11.3 Å². The first-order chi connectivity index (χ1) is 10.2. The van der Waals surface area contributed by atoms with Crippen molar-refractivity contribution in [2.24, 2.45) is 0 Å². The van der Waals surface area contributed by atoms with E-state index in [1.54, 1.807) is 0 Å². The van der Waals surface area contributed by atoms with E-state index in [0.717, 1.165) is 24.3 Å². The van der Waals surface area contributed by atoms with E-state index >= 15 is 0 Å². The van der Waals surface area contributed by atoms with Crippen LogP contribution in [0, 0.1) is 6.92 Å². The normalized spacial score (nSPS) is 12.2. The Hall–Kier alpha value is -1.87. The molecule has 1 heterocycles. The van der Waals surface area contributed by atoms with Gasteiger partial charge >= 0.3 is 0 Å². The zero-order valence-corrected chi connectivity index (χ0v) is 13.4. The second-order valence-electron chi connectivity index (χ2n) is 5.22. The largest absolute Gasteiger partial charge is 0.340 e. The molecule has 0 radical (unpaired) electrons. The molecule has 0 aliphatic heterocycles. The summed E-state index contributed by atoms with van der Waals surface area (Å²) in [7, 11) is 1.98. The van der Waals surface area contributed by atoms with Crippen LogP contribution in [0.5, 0.6) is 0 Å². The SMILES string of the molecule is CCC(NC)c1ccc(N(CC)c2ccccc2C)cn1. The molecule has 0 saturated heterocycles. The third-order valence-electron chi connectivity index (χ3n) is 3.92. The van der Waals surface area contributed by atoms with Crippen LogP contribution in [-0.2, 0) is 0 Å². The lowest BCUT2D eigenvalue weighted by Crippen LogP contribution is -2.19. The molecule has 1 atom stereocenters. The van der Waals surface area contributed by atoms with Crippen molar-refractivity contribution in [3.05, 3.63) is 53.9 Å². The van der Waals surface area contributed by atoms with Crippen molar-refractivity contribution in [3.63, 3.8) is 0 Å². The van der Waals surface area contributed by atoms with Gasteiger partial charge in [0.2, 0.25) is 0 Å². The van der Waals surface area contributed by atoms with Crippen LogP contribution < -0.4 is 10.2 Å². The van der Waals surface area contributed by atoms with Crippen LogP contribution in [-0.4, -0.2) is 18.6 Å². The third-order valence-corrected chi connectivity index (χ3v) is 3.92. The van der Waals surface area contributed by atoms with Crippen molar-refractivity contribution in [2.75, 3.05) is 18.5 Å². The lowest BCUT2D eigenvalue weighted by molar-refractivity contribution is 0.561. The molecule has 0 fully saturated rings. The van der Waals surface area contributed by atoms with E-state index in [-0.39, 0.29) is 0 Å². The van der Waals surface area contributed by atoms with Crippen LogP contribution in [0.15, 0.2) is 42.6 Å². The fraction of sp³-hybridized carbons (Fsp3) is 0.389. The number of hydrogen-bond acceptors (Lipinski definition) is 3. The summed E-state index contributed by atoms with van der Waals surface area (Å²) >= 11 is 0.